The van der Waals surface area contributed by atoms with Gasteiger partial charge in [-0.25, -0.2) is 0 Å². The minimum Gasteiger partial charge on any atom is -0.352 e. The lowest BCUT2D eigenvalue weighted by atomic mass is 9.96. The highest BCUT2D eigenvalue weighted by molar-refractivity contribution is 5.86. The molecule has 1 saturated carbocycles. The van der Waals surface area contributed by atoms with Gasteiger partial charge in [-0.05, 0) is 37.8 Å². The number of nitrogens with zero attached hydrogens (tertiary/aromatic N) is 1. The third-order valence-electron chi connectivity index (χ3n) is 4.49. The third kappa shape index (κ3) is 5.06. The molecule has 1 atom stereocenters. The molecule has 124 valence electrons. The zero-order valence-corrected chi connectivity index (χ0v) is 13.5. The fourth-order valence-electron chi connectivity index (χ4n) is 3.07. The van der Waals surface area contributed by atoms with E-state index in [1.54, 1.807) is 0 Å². The van der Waals surface area contributed by atoms with Crippen LogP contribution in [-0.4, -0.2) is 42.4 Å². The van der Waals surface area contributed by atoms with Crippen LogP contribution >= 0.6 is 0 Å². The first kappa shape index (κ1) is 16.0. The van der Waals surface area contributed by atoms with Gasteiger partial charge in [0.05, 0.1) is 12.5 Å². The van der Waals surface area contributed by atoms with Crippen molar-refractivity contribution in [1.82, 2.24) is 15.5 Å². The van der Waals surface area contributed by atoms with E-state index >= 15 is 0 Å². The molecule has 5 nitrogen and oxygen atoms in total. The summed E-state index contributed by atoms with van der Waals surface area (Å²) in [6, 6.07) is 10.7. The summed E-state index contributed by atoms with van der Waals surface area (Å²) in [6.07, 6.45) is 4.06. The summed E-state index contributed by atoms with van der Waals surface area (Å²) in [5.74, 6) is -0.0762. The summed E-state index contributed by atoms with van der Waals surface area (Å²) in [7, 11) is 0. The minimum atomic E-state index is -0.0715. The van der Waals surface area contributed by atoms with Gasteiger partial charge in [-0.3, -0.25) is 14.5 Å². The summed E-state index contributed by atoms with van der Waals surface area (Å²) in [5.41, 5.74) is 1.28. The molecule has 1 saturated heterocycles. The molecule has 0 unspecified atom stereocenters. The predicted molar refractivity (Wildman–Crippen MR) is 88.6 cm³/mol. The van der Waals surface area contributed by atoms with Crippen molar-refractivity contribution >= 4 is 11.8 Å². The van der Waals surface area contributed by atoms with Crippen LogP contribution in [0.15, 0.2) is 30.3 Å². The van der Waals surface area contributed by atoms with E-state index in [9.17, 15) is 9.59 Å². The molecule has 5 heteroatoms. The Kier molecular flexibility index (Phi) is 5.28. The van der Waals surface area contributed by atoms with Gasteiger partial charge in [-0.2, -0.15) is 0 Å². The monoisotopic (exact) mass is 315 g/mol. The molecule has 1 aliphatic carbocycles. The Morgan fingerprint density at radius 1 is 1.13 bits per heavy atom. The van der Waals surface area contributed by atoms with Gasteiger partial charge in [-0.1, -0.05) is 30.3 Å². The molecular formula is C18H25N3O2. The van der Waals surface area contributed by atoms with Gasteiger partial charge < -0.3 is 10.6 Å². The van der Waals surface area contributed by atoms with Crippen LogP contribution < -0.4 is 10.6 Å². The number of hydrogen-bond donors (Lipinski definition) is 2. The van der Waals surface area contributed by atoms with Crippen molar-refractivity contribution in [3.05, 3.63) is 35.9 Å². The van der Waals surface area contributed by atoms with Crippen LogP contribution in [0.1, 0.15) is 31.2 Å². The average molecular weight is 315 g/mol. The van der Waals surface area contributed by atoms with E-state index in [2.05, 4.69) is 27.7 Å². The molecule has 2 N–H and O–H groups in total. The first-order valence-corrected chi connectivity index (χ1v) is 8.54. The number of piperidine rings is 1. The zero-order valence-electron chi connectivity index (χ0n) is 13.5. The Bertz CT molecular complexity index is 542. The highest BCUT2D eigenvalue weighted by atomic mass is 16.2. The van der Waals surface area contributed by atoms with E-state index in [-0.39, 0.29) is 24.3 Å². The molecule has 0 bridgehead atoms. The lowest BCUT2D eigenvalue weighted by Gasteiger charge is -2.32. The van der Waals surface area contributed by atoms with Gasteiger partial charge in [0.25, 0.3) is 0 Å². The maximum absolute atomic E-state index is 12.3. The highest BCUT2D eigenvalue weighted by Crippen LogP contribution is 2.19. The quantitative estimate of drug-likeness (QED) is 0.832. The lowest BCUT2D eigenvalue weighted by molar-refractivity contribution is -0.129. The molecule has 1 aromatic rings. The van der Waals surface area contributed by atoms with Crippen molar-refractivity contribution in [2.45, 2.75) is 38.3 Å². The molecule has 0 spiro atoms. The third-order valence-corrected chi connectivity index (χ3v) is 4.49. The molecular weight excluding hydrogens is 290 g/mol. The Morgan fingerprint density at radius 2 is 1.91 bits per heavy atom. The number of hydrogen-bond acceptors (Lipinski definition) is 3. The van der Waals surface area contributed by atoms with Crippen molar-refractivity contribution in [3.63, 3.8) is 0 Å². The summed E-state index contributed by atoms with van der Waals surface area (Å²) in [6.45, 7) is 2.78. The van der Waals surface area contributed by atoms with Crippen LogP contribution in [0, 0.1) is 5.92 Å². The summed E-state index contributed by atoms with van der Waals surface area (Å²) in [5, 5.41) is 5.68. The topological polar surface area (TPSA) is 61.4 Å². The normalized spacial score (nSPS) is 21.7. The summed E-state index contributed by atoms with van der Waals surface area (Å²) < 4.78 is 0. The smallest absolute Gasteiger partial charge is 0.239 e. The molecule has 23 heavy (non-hydrogen) atoms. The molecule has 0 radical (unpaired) electrons. The Balaban J connectivity index is 1.43. The number of rotatable bonds is 6. The number of benzene rings is 1. The SMILES string of the molecule is O=C(CNC(=O)[C@@H]1CCCN(Cc2ccccc2)C1)NC1CC1. The molecule has 0 aromatic heterocycles. The molecule has 3 rings (SSSR count). The van der Waals surface area contributed by atoms with Crippen molar-refractivity contribution in [2.24, 2.45) is 5.92 Å². The second-order valence-corrected chi connectivity index (χ2v) is 6.62. The van der Waals surface area contributed by atoms with Crippen molar-refractivity contribution in [2.75, 3.05) is 19.6 Å². The predicted octanol–water partition coefficient (Wildman–Crippen LogP) is 1.29. The number of likely N-dealkylation sites (tertiary alicyclic amines) is 1. The first-order chi connectivity index (χ1) is 11.2. The van der Waals surface area contributed by atoms with Crippen LogP contribution in [-0.2, 0) is 16.1 Å². The Morgan fingerprint density at radius 3 is 2.65 bits per heavy atom. The molecule has 1 heterocycles. The van der Waals surface area contributed by atoms with Gasteiger partial charge >= 0.3 is 0 Å². The zero-order chi connectivity index (χ0) is 16.1. The Hall–Kier alpha value is -1.88. The average Bonchev–Trinajstić information content (AvgIpc) is 3.38. The molecule has 1 aliphatic heterocycles. The second kappa shape index (κ2) is 7.59. The fraction of sp³-hybridized carbons (Fsp3) is 0.556. The fourth-order valence-corrected chi connectivity index (χ4v) is 3.07. The number of amides is 2. The second-order valence-electron chi connectivity index (χ2n) is 6.62. The summed E-state index contributed by atoms with van der Waals surface area (Å²) >= 11 is 0. The Labute approximate surface area is 137 Å². The van der Waals surface area contributed by atoms with Crippen LogP contribution in [0.2, 0.25) is 0 Å². The number of nitrogens with one attached hydrogen (secondary N) is 2. The van der Waals surface area contributed by atoms with Gasteiger partial charge in [0.1, 0.15) is 0 Å². The van der Waals surface area contributed by atoms with E-state index in [4.69, 9.17) is 0 Å². The van der Waals surface area contributed by atoms with E-state index in [0.717, 1.165) is 45.3 Å². The van der Waals surface area contributed by atoms with E-state index in [1.165, 1.54) is 5.56 Å². The van der Waals surface area contributed by atoms with Crippen LogP contribution in [0.3, 0.4) is 0 Å². The van der Waals surface area contributed by atoms with E-state index < -0.39 is 0 Å². The first-order valence-electron chi connectivity index (χ1n) is 8.54. The minimum absolute atomic E-state index is 0.00806. The highest BCUT2D eigenvalue weighted by Gasteiger charge is 2.27. The van der Waals surface area contributed by atoms with E-state index in [0.29, 0.717) is 6.04 Å². The van der Waals surface area contributed by atoms with Crippen LogP contribution in [0.4, 0.5) is 0 Å². The number of carbonyl (C=O) groups is 2. The van der Waals surface area contributed by atoms with Crippen molar-refractivity contribution in [1.29, 1.82) is 0 Å². The van der Waals surface area contributed by atoms with Gasteiger partial charge in [-0.15, -0.1) is 0 Å². The largest absolute Gasteiger partial charge is 0.352 e. The van der Waals surface area contributed by atoms with Crippen molar-refractivity contribution in [3.8, 4) is 0 Å². The van der Waals surface area contributed by atoms with Gasteiger partial charge in [0.15, 0.2) is 0 Å². The molecule has 2 aliphatic rings. The molecule has 2 amide bonds. The number of carbonyl (C=O) groups excluding carboxylic acids is 2. The standard InChI is InChI=1S/C18H25N3O2/c22-17(20-16-8-9-16)11-19-18(23)15-7-4-10-21(13-15)12-14-5-2-1-3-6-14/h1-3,5-6,15-16H,4,7-13H2,(H,19,23)(H,20,22)/t15-/m1/s1. The maximum Gasteiger partial charge on any atom is 0.239 e. The van der Waals surface area contributed by atoms with Gasteiger partial charge in [0.2, 0.25) is 11.8 Å². The lowest BCUT2D eigenvalue weighted by Crippen LogP contribution is -2.45. The van der Waals surface area contributed by atoms with E-state index in [1.807, 2.05) is 18.2 Å². The summed E-state index contributed by atoms with van der Waals surface area (Å²) in [4.78, 5) is 26.3. The van der Waals surface area contributed by atoms with Gasteiger partial charge in [0, 0.05) is 19.1 Å². The van der Waals surface area contributed by atoms with Crippen LogP contribution in [0.5, 0.6) is 0 Å². The maximum atomic E-state index is 12.3. The molecule has 1 aromatic carbocycles. The van der Waals surface area contributed by atoms with Crippen LogP contribution in [0.25, 0.3) is 0 Å². The molecule has 2 fully saturated rings. The van der Waals surface area contributed by atoms with Crippen molar-refractivity contribution < 1.29 is 9.59 Å².